The van der Waals surface area contributed by atoms with Crippen molar-refractivity contribution in [2.24, 2.45) is 12.5 Å². The van der Waals surface area contributed by atoms with Crippen molar-refractivity contribution in [2.75, 3.05) is 24.5 Å². The summed E-state index contributed by atoms with van der Waals surface area (Å²) in [6.07, 6.45) is -0.876. The van der Waals surface area contributed by atoms with Crippen molar-refractivity contribution in [1.82, 2.24) is 19.7 Å². The number of hydrogen-bond donors (Lipinski definition) is 1. The first-order valence-electron chi connectivity index (χ1n) is 15.6. The fourth-order valence-electron chi connectivity index (χ4n) is 6.07. The molecule has 2 aromatic heterocycles. The van der Waals surface area contributed by atoms with Crippen molar-refractivity contribution >= 4 is 22.7 Å². The van der Waals surface area contributed by atoms with Crippen molar-refractivity contribution in [1.29, 1.82) is 0 Å². The third-order valence-corrected chi connectivity index (χ3v) is 9.27. The number of anilines is 1. The van der Waals surface area contributed by atoms with Crippen LogP contribution in [0.1, 0.15) is 38.8 Å². The van der Waals surface area contributed by atoms with E-state index in [1.807, 2.05) is 91.4 Å². The number of aromatic nitrogens is 3. The molecule has 0 spiro atoms. The van der Waals surface area contributed by atoms with Crippen LogP contribution in [0.3, 0.4) is 0 Å². The van der Waals surface area contributed by atoms with Gasteiger partial charge in [0.2, 0.25) is 11.8 Å². The Bertz CT molecular complexity index is 1830. The van der Waals surface area contributed by atoms with Crippen LogP contribution >= 0.6 is 0 Å². The Kier molecular flexibility index (Phi) is 8.34. The van der Waals surface area contributed by atoms with Gasteiger partial charge < -0.3 is 19.5 Å². The standard InChI is InChI=1S/C37H41N5O4/c1-36(2,3)37(4)25-41(20-21-42(37)35(43)44)28-16-17-29-31(22-28)40(5)39-33(29)30-18-19-32(45-23-26-12-8-6-9-13-26)38-34(30)46-24-27-14-10-7-11-15-27/h6-19,22H,20-21,23-25H2,1-5H3,(H,43,44)/t37-/m1/s1. The second-order valence-electron chi connectivity index (χ2n) is 13.1. The monoisotopic (exact) mass is 619 g/mol. The smallest absolute Gasteiger partial charge is 0.407 e. The molecule has 5 aromatic rings. The first kappa shape index (κ1) is 31.0. The molecule has 9 heteroatoms. The minimum absolute atomic E-state index is 0.256. The number of ether oxygens (including phenoxy) is 2. The number of amides is 1. The van der Waals surface area contributed by atoms with E-state index in [9.17, 15) is 9.90 Å². The summed E-state index contributed by atoms with van der Waals surface area (Å²) in [5, 5.41) is 15.9. The lowest BCUT2D eigenvalue weighted by Crippen LogP contribution is -2.67. The second-order valence-corrected chi connectivity index (χ2v) is 13.1. The molecule has 1 atom stereocenters. The molecule has 9 nitrogen and oxygen atoms in total. The first-order chi connectivity index (χ1) is 22.0. The number of hydrogen-bond acceptors (Lipinski definition) is 6. The summed E-state index contributed by atoms with van der Waals surface area (Å²) < 4.78 is 14.3. The molecule has 1 aliphatic heterocycles. The van der Waals surface area contributed by atoms with Crippen LogP contribution in [0.2, 0.25) is 0 Å². The van der Waals surface area contributed by atoms with Crippen LogP contribution in [0.25, 0.3) is 22.2 Å². The van der Waals surface area contributed by atoms with Gasteiger partial charge in [0.1, 0.15) is 18.9 Å². The molecule has 1 aliphatic rings. The predicted octanol–water partition coefficient (Wildman–Crippen LogP) is 7.40. The lowest BCUT2D eigenvalue weighted by molar-refractivity contribution is 0.00746. The van der Waals surface area contributed by atoms with Crippen molar-refractivity contribution in [2.45, 2.75) is 46.4 Å². The average Bonchev–Trinajstić information content (AvgIpc) is 3.38. The maximum Gasteiger partial charge on any atom is 0.407 e. The van der Waals surface area contributed by atoms with E-state index in [0.717, 1.165) is 39.0 Å². The molecule has 0 radical (unpaired) electrons. The molecule has 46 heavy (non-hydrogen) atoms. The molecule has 1 N–H and O–H groups in total. The third kappa shape index (κ3) is 6.09. The predicted molar refractivity (Wildman–Crippen MR) is 180 cm³/mol. The highest BCUT2D eigenvalue weighted by Gasteiger charge is 2.48. The van der Waals surface area contributed by atoms with Crippen LogP contribution in [-0.4, -0.2) is 56.0 Å². The van der Waals surface area contributed by atoms with Crippen LogP contribution in [0.5, 0.6) is 11.8 Å². The van der Waals surface area contributed by atoms with Gasteiger partial charge in [0, 0.05) is 43.8 Å². The zero-order chi connectivity index (χ0) is 32.5. The summed E-state index contributed by atoms with van der Waals surface area (Å²) in [6, 6.07) is 30.1. The lowest BCUT2D eigenvalue weighted by atomic mass is 9.72. The largest absolute Gasteiger partial charge is 0.473 e. The molecular formula is C37H41N5O4. The minimum atomic E-state index is -0.876. The zero-order valence-corrected chi connectivity index (χ0v) is 27.1. The Hall–Kier alpha value is -5.05. The summed E-state index contributed by atoms with van der Waals surface area (Å²) in [7, 11) is 1.94. The van der Waals surface area contributed by atoms with Gasteiger partial charge in [-0.2, -0.15) is 10.1 Å². The Morgan fingerprint density at radius 3 is 2.17 bits per heavy atom. The Labute approximate surface area is 270 Å². The van der Waals surface area contributed by atoms with Gasteiger partial charge in [-0.15, -0.1) is 0 Å². The van der Waals surface area contributed by atoms with E-state index in [1.165, 1.54) is 0 Å². The maximum atomic E-state index is 12.2. The third-order valence-electron chi connectivity index (χ3n) is 9.27. The van der Waals surface area contributed by atoms with Gasteiger partial charge >= 0.3 is 6.09 Å². The first-order valence-corrected chi connectivity index (χ1v) is 15.6. The number of piperazine rings is 1. The van der Waals surface area contributed by atoms with Crippen molar-refractivity contribution in [3.05, 3.63) is 102 Å². The Balaban J connectivity index is 1.33. The summed E-state index contributed by atoms with van der Waals surface area (Å²) in [5.74, 6) is 0.921. The maximum absolute atomic E-state index is 12.2. The highest BCUT2D eigenvalue weighted by molar-refractivity contribution is 5.96. The number of benzene rings is 3. The van der Waals surface area contributed by atoms with Crippen LogP contribution < -0.4 is 14.4 Å². The van der Waals surface area contributed by atoms with E-state index in [1.54, 1.807) is 4.90 Å². The van der Waals surface area contributed by atoms with Crippen LogP contribution in [0.4, 0.5) is 10.5 Å². The van der Waals surface area contributed by atoms with E-state index >= 15 is 0 Å². The summed E-state index contributed by atoms with van der Waals surface area (Å²) in [4.78, 5) is 20.8. The van der Waals surface area contributed by atoms with Gasteiger partial charge in [-0.3, -0.25) is 9.58 Å². The van der Waals surface area contributed by atoms with Crippen molar-refractivity contribution in [3.8, 4) is 23.0 Å². The quantitative estimate of drug-likeness (QED) is 0.194. The minimum Gasteiger partial charge on any atom is -0.473 e. The number of carbonyl (C=O) groups is 1. The van der Waals surface area contributed by atoms with E-state index < -0.39 is 11.6 Å². The second kappa shape index (κ2) is 12.4. The zero-order valence-electron chi connectivity index (χ0n) is 27.1. The highest BCUT2D eigenvalue weighted by Crippen LogP contribution is 2.41. The van der Waals surface area contributed by atoms with Gasteiger partial charge in [0.05, 0.1) is 16.6 Å². The Morgan fingerprint density at radius 2 is 1.54 bits per heavy atom. The normalized spacial score (nSPS) is 16.9. The molecule has 6 rings (SSSR count). The molecule has 0 unspecified atom stereocenters. The summed E-state index contributed by atoms with van der Waals surface area (Å²) >= 11 is 0. The highest BCUT2D eigenvalue weighted by atomic mass is 16.5. The van der Waals surface area contributed by atoms with Crippen LogP contribution in [0, 0.1) is 5.41 Å². The number of aryl methyl sites for hydroxylation is 1. The number of carboxylic acid groups (broad SMARTS) is 1. The molecule has 1 saturated heterocycles. The molecule has 0 bridgehead atoms. The number of nitrogens with zero attached hydrogens (tertiary/aromatic N) is 5. The van der Waals surface area contributed by atoms with Crippen LogP contribution in [0.15, 0.2) is 91.0 Å². The van der Waals surface area contributed by atoms with Crippen molar-refractivity contribution in [3.63, 3.8) is 0 Å². The summed E-state index contributed by atoms with van der Waals surface area (Å²) in [6.45, 7) is 10.7. The fourth-order valence-corrected chi connectivity index (χ4v) is 6.07. The summed E-state index contributed by atoms with van der Waals surface area (Å²) in [5.41, 5.74) is 4.81. The molecule has 1 fully saturated rings. The van der Waals surface area contributed by atoms with E-state index in [2.05, 4.69) is 43.9 Å². The molecule has 3 heterocycles. The Morgan fingerprint density at radius 1 is 0.891 bits per heavy atom. The van der Waals surface area contributed by atoms with Crippen LogP contribution in [-0.2, 0) is 20.3 Å². The van der Waals surface area contributed by atoms with Gasteiger partial charge in [-0.1, -0.05) is 81.4 Å². The topological polar surface area (TPSA) is 93.0 Å². The van der Waals surface area contributed by atoms with Gasteiger partial charge in [-0.05, 0) is 47.7 Å². The molecule has 0 saturated carbocycles. The fraction of sp³-hybridized carbons (Fsp3) is 0.324. The molecule has 1 amide bonds. The van der Waals surface area contributed by atoms with E-state index in [4.69, 9.17) is 19.6 Å². The number of rotatable bonds is 8. The SMILES string of the molecule is Cn1nc(-c2ccc(OCc3ccccc3)nc2OCc2ccccc2)c2ccc(N3CCN(C(=O)O)[C@@](C)(C(C)(C)C)C3)cc21. The van der Waals surface area contributed by atoms with Gasteiger partial charge in [0.25, 0.3) is 0 Å². The van der Waals surface area contributed by atoms with Crippen molar-refractivity contribution < 1.29 is 19.4 Å². The number of fused-ring (bicyclic) bond motifs is 1. The van der Waals surface area contributed by atoms with Gasteiger partial charge in [0.15, 0.2) is 0 Å². The van der Waals surface area contributed by atoms with Gasteiger partial charge in [-0.25, -0.2) is 4.79 Å². The molecule has 3 aromatic carbocycles. The molecule has 238 valence electrons. The van der Waals surface area contributed by atoms with E-state index in [-0.39, 0.29) is 5.41 Å². The molecular weight excluding hydrogens is 578 g/mol. The lowest BCUT2D eigenvalue weighted by Gasteiger charge is -2.54. The molecule has 0 aliphatic carbocycles. The number of pyridine rings is 1. The van der Waals surface area contributed by atoms with E-state index in [0.29, 0.717) is 44.6 Å². The average molecular weight is 620 g/mol.